The predicted octanol–water partition coefficient (Wildman–Crippen LogP) is 4.10. The van der Waals surface area contributed by atoms with Crippen molar-refractivity contribution < 1.29 is 4.79 Å². The molecular weight excluding hydrogens is 390 g/mol. The average Bonchev–Trinajstić information content (AvgIpc) is 3.30. The molecule has 9 heteroatoms. The zero-order valence-electron chi connectivity index (χ0n) is 15.6. The molecule has 1 amide bonds. The summed E-state index contributed by atoms with van der Waals surface area (Å²) < 4.78 is 0. The van der Waals surface area contributed by atoms with Crippen LogP contribution in [0.5, 0.6) is 0 Å². The smallest absolute Gasteiger partial charge is 0.247 e. The summed E-state index contributed by atoms with van der Waals surface area (Å²) >= 11 is 6.34. The summed E-state index contributed by atoms with van der Waals surface area (Å²) in [5, 5.41) is 14.3. The normalized spacial score (nSPS) is 10.8. The van der Waals surface area contributed by atoms with Gasteiger partial charge in [0.2, 0.25) is 11.9 Å². The maximum absolute atomic E-state index is 11.5. The zero-order valence-corrected chi connectivity index (χ0v) is 16.3. The van der Waals surface area contributed by atoms with Crippen molar-refractivity contribution in [3.63, 3.8) is 0 Å². The highest BCUT2D eigenvalue weighted by Gasteiger charge is 2.12. The van der Waals surface area contributed by atoms with Gasteiger partial charge in [-0.05, 0) is 30.7 Å². The number of hydrogen-bond acceptors (Lipinski definition) is 5. The second kappa shape index (κ2) is 7.76. The molecule has 3 aromatic heterocycles. The number of H-pyrrole nitrogens is 2. The van der Waals surface area contributed by atoms with Gasteiger partial charge in [0.05, 0.1) is 28.3 Å². The largest absolute Gasteiger partial charge is 0.361 e. The Hall–Kier alpha value is -3.65. The fourth-order valence-corrected chi connectivity index (χ4v) is 3.13. The fraction of sp³-hybridized carbons (Fsp3) is 0.100. The minimum atomic E-state index is -0.253. The Labute approximate surface area is 171 Å². The number of hydrogen-bond donors (Lipinski definition) is 4. The first-order valence-electron chi connectivity index (χ1n) is 8.85. The van der Waals surface area contributed by atoms with Crippen LogP contribution in [0.3, 0.4) is 0 Å². The van der Waals surface area contributed by atoms with E-state index >= 15 is 0 Å². The predicted molar refractivity (Wildman–Crippen MR) is 114 cm³/mol. The van der Waals surface area contributed by atoms with E-state index < -0.39 is 0 Å². The highest BCUT2D eigenvalue weighted by molar-refractivity contribution is 6.31. The van der Waals surface area contributed by atoms with Crippen LogP contribution in [0.15, 0.2) is 49.4 Å². The van der Waals surface area contributed by atoms with Gasteiger partial charge in [0, 0.05) is 35.4 Å². The number of benzene rings is 1. The molecule has 0 saturated heterocycles. The third-order valence-corrected chi connectivity index (χ3v) is 4.79. The second-order valence-electron chi connectivity index (χ2n) is 6.44. The first-order chi connectivity index (χ1) is 14.0. The van der Waals surface area contributed by atoms with Crippen molar-refractivity contribution in [2.75, 3.05) is 10.6 Å². The highest BCUT2D eigenvalue weighted by Crippen LogP contribution is 2.26. The SMILES string of the molecule is C=CC(=O)Nc1ccc2c(Cc3nc(Nc4c[nH]nc4C)ncc3Cl)c[nH]c2c1. The molecule has 0 spiro atoms. The Kier molecular flexibility index (Phi) is 5.01. The van der Waals surface area contributed by atoms with Crippen LogP contribution in [0.4, 0.5) is 17.3 Å². The van der Waals surface area contributed by atoms with Crippen molar-refractivity contribution in [2.24, 2.45) is 0 Å². The van der Waals surface area contributed by atoms with Crippen LogP contribution in [0.25, 0.3) is 10.9 Å². The molecule has 146 valence electrons. The van der Waals surface area contributed by atoms with Gasteiger partial charge in [-0.15, -0.1) is 0 Å². The summed E-state index contributed by atoms with van der Waals surface area (Å²) in [5.41, 5.74) is 4.96. The molecule has 4 rings (SSSR count). The van der Waals surface area contributed by atoms with Crippen LogP contribution >= 0.6 is 11.6 Å². The molecule has 0 unspecified atom stereocenters. The highest BCUT2D eigenvalue weighted by atomic mass is 35.5. The molecule has 0 radical (unpaired) electrons. The number of carbonyl (C=O) groups excluding carboxylic acids is 1. The molecular formula is C20H18ClN7O. The van der Waals surface area contributed by atoms with Gasteiger partial charge in [-0.3, -0.25) is 9.89 Å². The van der Waals surface area contributed by atoms with Crippen molar-refractivity contribution in [2.45, 2.75) is 13.3 Å². The molecule has 0 saturated carbocycles. The lowest BCUT2D eigenvalue weighted by atomic mass is 10.1. The van der Waals surface area contributed by atoms with E-state index in [2.05, 4.69) is 42.4 Å². The Morgan fingerprint density at radius 3 is 2.97 bits per heavy atom. The van der Waals surface area contributed by atoms with Gasteiger partial charge < -0.3 is 15.6 Å². The first kappa shape index (κ1) is 18.7. The van der Waals surface area contributed by atoms with E-state index in [1.54, 1.807) is 12.4 Å². The van der Waals surface area contributed by atoms with Crippen molar-refractivity contribution in [3.05, 3.63) is 71.4 Å². The van der Waals surface area contributed by atoms with Crippen LogP contribution in [0, 0.1) is 6.92 Å². The third-order valence-electron chi connectivity index (χ3n) is 4.47. The summed E-state index contributed by atoms with van der Waals surface area (Å²) in [4.78, 5) is 23.5. The maximum atomic E-state index is 11.5. The number of carbonyl (C=O) groups is 1. The van der Waals surface area contributed by atoms with E-state index in [1.165, 1.54) is 6.08 Å². The minimum absolute atomic E-state index is 0.253. The molecule has 1 aromatic carbocycles. The molecule has 0 fully saturated rings. The van der Waals surface area contributed by atoms with Crippen LogP contribution in [-0.4, -0.2) is 31.1 Å². The van der Waals surface area contributed by atoms with Gasteiger partial charge in [-0.2, -0.15) is 5.10 Å². The number of aromatic amines is 2. The maximum Gasteiger partial charge on any atom is 0.247 e. The van der Waals surface area contributed by atoms with E-state index in [4.69, 9.17) is 11.6 Å². The van der Waals surface area contributed by atoms with Gasteiger partial charge in [0.1, 0.15) is 0 Å². The van der Waals surface area contributed by atoms with Gasteiger partial charge in [-0.25, -0.2) is 9.97 Å². The van der Waals surface area contributed by atoms with Crippen molar-refractivity contribution in [1.82, 2.24) is 25.1 Å². The molecule has 4 N–H and O–H groups in total. The quantitative estimate of drug-likeness (QED) is 0.359. The summed E-state index contributed by atoms with van der Waals surface area (Å²) in [6, 6.07) is 5.66. The van der Waals surface area contributed by atoms with Crippen LogP contribution < -0.4 is 10.6 Å². The third kappa shape index (κ3) is 3.97. The molecule has 8 nitrogen and oxygen atoms in total. The molecule has 0 aliphatic rings. The number of amides is 1. The summed E-state index contributed by atoms with van der Waals surface area (Å²) in [7, 11) is 0. The summed E-state index contributed by atoms with van der Waals surface area (Å²) in [6.45, 7) is 5.34. The van der Waals surface area contributed by atoms with Gasteiger partial charge in [0.15, 0.2) is 0 Å². The Morgan fingerprint density at radius 2 is 2.21 bits per heavy atom. The lowest BCUT2D eigenvalue weighted by molar-refractivity contribution is -0.111. The van der Waals surface area contributed by atoms with Crippen LogP contribution in [-0.2, 0) is 11.2 Å². The van der Waals surface area contributed by atoms with Crippen LogP contribution in [0.2, 0.25) is 5.02 Å². The number of rotatable bonds is 6. The van der Waals surface area contributed by atoms with Gasteiger partial charge >= 0.3 is 0 Å². The minimum Gasteiger partial charge on any atom is -0.361 e. The van der Waals surface area contributed by atoms with E-state index in [0.29, 0.717) is 28.8 Å². The summed E-state index contributed by atoms with van der Waals surface area (Å²) in [5.74, 6) is 0.194. The van der Waals surface area contributed by atoms with E-state index in [0.717, 1.165) is 27.8 Å². The number of anilines is 3. The number of aromatic nitrogens is 5. The Balaban J connectivity index is 1.59. The number of nitrogens with zero attached hydrogens (tertiary/aromatic N) is 3. The topological polar surface area (TPSA) is 111 Å². The molecule has 29 heavy (non-hydrogen) atoms. The number of fused-ring (bicyclic) bond motifs is 1. The lowest BCUT2D eigenvalue weighted by Crippen LogP contribution is -2.06. The molecule has 0 aliphatic carbocycles. The number of aryl methyl sites for hydroxylation is 1. The molecule has 4 aromatic rings. The molecule has 3 heterocycles. The van der Waals surface area contributed by atoms with E-state index in [-0.39, 0.29) is 5.91 Å². The standard InChI is InChI=1S/C20H18ClN7O/c1-3-19(29)25-13-4-5-14-12(8-22-16(14)7-13)6-17-15(21)9-23-20(26-17)27-18-10-24-28-11(18)2/h3-5,7-10,22H,1,6H2,2H3,(H,24,28)(H,25,29)(H,23,26,27). The van der Waals surface area contributed by atoms with Crippen molar-refractivity contribution >= 4 is 45.7 Å². The monoisotopic (exact) mass is 407 g/mol. The van der Waals surface area contributed by atoms with E-state index in [1.807, 2.05) is 31.3 Å². The fourth-order valence-electron chi connectivity index (χ4n) is 2.98. The molecule has 0 atom stereocenters. The Morgan fingerprint density at radius 1 is 1.34 bits per heavy atom. The van der Waals surface area contributed by atoms with Crippen molar-refractivity contribution in [3.8, 4) is 0 Å². The summed E-state index contributed by atoms with van der Waals surface area (Å²) in [6.07, 6.45) is 7.00. The first-order valence-corrected chi connectivity index (χ1v) is 9.23. The van der Waals surface area contributed by atoms with E-state index in [9.17, 15) is 4.79 Å². The average molecular weight is 408 g/mol. The second-order valence-corrected chi connectivity index (χ2v) is 6.85. The molecule has 0 aliphatic heterocycles. The lowest BCUT2D eigenvalue weighted by Gasteiger charge is -2.07. The molecule has 0 bridgehead atoms. The zero-order chi connectivity index (χ0) is 20.4. The van der Waals surface area contributed by atoms with Gasteiger partial charge in [0.25, 0.3) is 0 Å². The number of halogens is 1. The Bertz CT molecular complexity index is 1210. The van der Waals surface area contributed by atoms with Crippen molar-refractivity contribution in [1.29, 1.82) is 0 Å². The number of nitrogens with one attached hydrogen (secondary N) is 4. The van der Waals surface area contributed by atoms with Gasteiger partial charge in [-0.1, -0.05) is 24.2 Å². The van der Waals surface area contributed by atoms with Crippen LogP contribution in [0.1, 0.15) is 17.0 Å².